The number of piperidine rings is 1. The average Bonchev–Trinajstić information content (AvgIpc) is 3.25. The molecule has 0 aliphatic carbocycles. The summed E-state index contributed by atoms with van der Waals surface area (Å²) in [6.45, 7) is 5.01. The molecule has 1 saturated heterocycles. The minimum atomic E-state index is -3.55. The third kappa shape index (κ3) is 4.19. The lowest BCUT2D eigenvalue weighted by molar-refractivity contribution is 0.291. The Morgan fingerprint density at radius 2 is 1.77 bits per heavy atom. The van der Waals surface area contributed by atoms with Gasteiger partial charge in [-0.25, -0.2) is 18.4 Å². The van der Waals surface area contributed by atoms with Gasteiger partial charge in [0.1, 0.15) is 11.6 Å². The predicted molar refractivity (Wildman–Crippen MR) is 108 cm³/mol. The van der Waals surface area contributed by atoms with E-state index in [9.17, 15) is 8.42 Å². The number of rotatable bonds is 6. The summed E-state index contributed by atoms with van der Waals surface area (Å²) in [5.74, 6) is 2.23. The lowest BCUT2D eigenvalue weighted by Crippen LogP contribution is -2.37. The van der Waals surface area contributed by atoms with Gasteiger partial charge in [-0.1, -0.05) is 0 Å². The summed E-state index contributed by atoms with van der Waals surface area (Å²) in [4.78, 5) is 8.54. The smallest absolute Gasteiger partial charge is 0.250 e. The van der Waals surface area contributed by atoms with E-state index in [4.69, 9.17) is 9.15 Å². The van der Waals surface area contributed by atoms with Crippen molar-refractivity contribution in [1.82, 2.24) is 24.5 Å². The molecule has 1 aliphatic rings. The molecular formula is C20H23N5O4S. The molecule has 1 aliphatic heterocycles. The first-order valence-corrected chi connectivity index (χ1v) is 11.3. The number of hydrogen-bond acceptors (Lipinski definition) is 8. The second-order valence-electron chi connectivity index (χ2n) is 7.05. The van der Waals surface area contributed by atoms with Crippen LogP contribution in [0, 0.1) is 6.92 Å². The van der Waals surface area contributed by atoms with Gasteiger partial charge in [0.05, 0.1) is 17.1 Å². The van der Waals surface area contributed by atoms with E-state index in [0.29, 0.717) is 61.5 Å². The number of sulfonamides is 1. The van der Waals surface area contributed by atoms with Crippen molar-refractivity contribution in [2.75, 3.05) is 19.7 Å². The quantitative estimate of drug-likeness (QED) is 0.588. The van der Waals surface area contributed by atoms with Crippen LogP contribution in [0.3, 0.4) is 0 Å². The van der Waals surface area contributed by atoms with Crippen LogP contribution >= 0.6 is 0 Å². The van der Waals surface area contributed by atoms with E-state index in [2.05, 4.69) is 20.2 Å². The molecule has 9 nitrogen and oxygen atoms in total. The lowest BCUT2D eigenvalue weighted by Gasteiger charge is -2.29. The van der Waals surface area contributed by atoms with Crippen LogP contribution in [0.5, 0.6) is 5.75 Å². The van der Waals surface area contributed by atoms with Crippen molar-refractivity contribution in [3.05, 3.63) is 48.4 Å². The van der Waals surface area contributed by atoms with E-state index in [-0.39, 0.29) is 10.8 Å². The van der Waals surface area contributed by atoms with Crippen LogP contribution in [0.25, 0.3) is 11.5 Å². The Balaban J connectivity index is 1.41. The summed E-state index contributed by atoms with van der Waals surface area (Å²) in [6.07, 6.45) is 4.52. The highest BCUT2D eigenvalue weighted by atomic mass is 32.2. The monoisotopic (exact) mass is 429 g/mol. The number of aromatic nitrogens is 4. The fourth-order valence-electron chi connectivity index (χ4n) is 3.39. The molecule has 3 heterocycles. The molecule has 0 atom stereocenters. The number of nitrogens with zero attached hydrogens (tertiary/aromatic N) is 5. The fraction of sp³-hybridized carbons (Fsp3) is 0.400. The summed E-state index contributed by atoms with van der Waals surface area (Å²) in [5.41, 5.74) is 0.662. The summed E-state index contributed by atoms with van der Waals surface area (Å²) in [6, 6.07) is 6.52. The minimum Gasteiger partial charge on any atom is -0.494 e. The first-order chi connectivity index (χ1) is 14.5. The van der Waals surface area contributed by atoms with Crippen LogP contribution < -0.4 is 4.74 Å². The van der Waals surface area contributed by atoms with Gasteiger partial charge in [0.25, 0.3) is 5.89 Å². The Kier molecular flexibility index (Phi) is 5.78. The SMILES string of the molecule is CCOc1ccc(S(=O)(=O)N2CCC(c3nnc(-c4cnc(C)nc4)o3)CC2)cc1. The Morgan fingerprint density at radius 3 is 2.40 bits per heavy atom. The highest BCUT2D eigenvalue weighted by molar-refractivity contribution is 7.89. The number of aryl methyl sites for hydroxylation is 1. The largest absolute Gasteiger partial charge is 0.494 e. The number of ether oxygens (including phenoxy) is 1. The summed E-state index contributed by atoms with van der Waals surface area (Å²) in [5, 5.41) is 8.25. The molecule has 3 aromatic rings. The van der Waals surface area contributed by atoms with Gasteiger partial charge in [-0.2, -0.15) is 4.31 Å². The molecule has 158 valence electrons. The van der Waals surface area contributed by atoms with Crippen molar-refractivity contribution < 1.29 is 17.6 Å². The highest BCUT2D eigenvalue weighted by Crippen LogP contribution is 2.31. The van der Waals surface area contributed by atoms with Crippen LogP contribution in [0.15, 0.2) is 46.0 Å². The van der Waals surface area contributed by atoms with Gasteiger partial charge in [0.15, 0.2) is 0 Å². The second-order valence-corrected chi connectivity index (χ2v) is 8.99. The van der Waals surface area contributed by atoms with Crippen molar-refractivity contribution in [3.8, 4) is 17.2 Å². The third-order valence-corrected chi connectivity index (χ3v) is 6.96. The molecule has 0 spiro atoms. The second kappa shape index (κ2) is 8.49. The Labute approximate surface area is 175 Å². The molecule has 30 heavy (non-hydrogen) atoms. The summed E-state index contributed by atoms with van der Waals surface area (Å²) in [7, 11) is -3.55. The van der Waals surface area contributed by atoms with Gasteiger partial charge < -0.3 is 9.15 Å². The first kappa shape index (κ1) is 20.4. The van der Waals surface area contributed by atoms with Crippen molar-refractivity contribution in [2.24, 2.45) is 0 Å². The normalized spacial score (nSPS) is 15.9. The van der Waals surface area contributed by atoms with E-state index in [1.807, 2.05) is 6.92 Å². The number of hydrogen-bond donors (Lipinski definition) is 0. The van der Waals surface area contributed by atoms with Crippen molar-refractivity contribution >= 4 is 10.0 Å². The lowest BCUT2D eigenvalue weighted by atomic mass is 9.98. The summed E-state index contributed by atoms with van der Waals surface area (Å²) < 4.78 is 38.6. The zero-order valence-electron chi connectivity index (χ0n) is 16.9. The highest BCUT2D eigenvalue weighted by Gasteiger charge is 2.32. The number of benzene rings is 1. The molecule has 0 amide bonds. The zero-order valence-corrected chi connectivity index (χ0v) is 17.7. The molecule has 0 unspecified atom stereocenters. The molecule has 10 heteroatoms. The predicted octanol–water partition coefficient (Wildman–Crippen LogP) is 2.80. The Bertz CT molecular complexity index is 1090. The van der Waals surface area contributed by atoms with Gasteiger partial charge in [-0.15, -0.1) is 10.2 Å². The maximum atomic E-state index is 12.9. The molecule has 1 fully saturated rings. The van der Waals surface area contributed by atoms with Crippen LogP contribution in [0.2, 0.25) is 0 Å². The van der Waals surface area contributed by atoms with Gasteiger partial charge in [-0.05, 0) is 51.0 Å². The topological polar surface area (TPSA) is 111 Å². The van der Waals surface area contributed by atoms with Crippen LogP contribution in [-0.2, 0) is 10.0 Å². The fourth-order valence-corrected chi connectivity index (χ4v) is 4.86. The maximum absolute atomic E-state index is 12.9. The van der Waals surface area contributed by atoms with E-state index in [0.717, 1.165) is 0 Å². The van der Waals surface area contributed by atoms with E-state index < -0.39 is 10.0 Å². The van der Waals surface area contributed by atoms with E-state index >= 15 is 0 Å². The summed E-state index contributed by atoms with van der Waals surface area (Å²) >= 11 is 0. The maximum Gasteiger partial charge on any atom is 0.250 e. The molecule has 1 aromatic carbocycles. The standard InChI is InChI=1S/C20H23N5O4S/c1-3-28-17-4-6-18(7-5-17)30(26,27)25-10-8-15(9-11-25)19-23-24-20(29-19)16-12-21-14(2)22-13-16/h4-7,12-13,15H,3,8-11H2,1-2H3. The van der Waals surface area contributed by atoms with Gasteiger partial charge >= 0.3 is 0 Å². The molecule has 4 rings (SSSR count). The minimum absolute atomic E-state index is 0.0180. The van der Waals surface area contributed by atoms with E-state index in [1.54, 1.807) is 43.6 Å². The van der Waals surface area contributed by atoms with Gasteiger partial charge in [0.2, 0.25) is 15.9 Å². The van der Waals surface area contributed by atoms with Gasteiger partial charge in [0, 0.05) is 31.4 Å². The molecule has 0 bridgehead atoms. The Morgan fingerprint density at radius 1 is 1.10 bits per heavy atom. The zero-order chi connectivity index (χ0) is 21.1. The molecule has 0 radical (unpaired) electrons. The molecule has 0 N–H and O–H groups in total. The molecular weight excluding hydrogens is 406 g/mol. The Hall–Kier alpha value is -2.85. The van der Waals surface area contributed by atoms with Crippen molar-refractivity contribution in [3.63, 3.8) is 0 Å². The average molecular weight is 430 g/mol. The third-order valence-electron chi connectivity index (χ3n) is 5.04. The van der Waals surface area contributed by atoms with Gasteiger partial charge in [-0.3, -0.25) is 0 Å². The first-order valence-electron chi connectivity index (χ1n) is 9.83. The van der Waals surface area contributed by atoms with Crippen molar-refractivity contribution in [2.45, 2.75) is 37.5 Å². The van der Waals surface area contributed by atoms with E-state index in [1.165, 1.54) is 4.31 Å². The molecule has 2 aromatic heterocycles. The van der Waals surface area contributed by atoms with Crippen LogP contribution in [0.1, 0.15) is 37.4 Å². The van der Waals surface area contributed by atoms with Crippen LogP contribution in [0.4, 0.5) is 0 Å². The molecule has 0 saturated carbocycles. The van der Waals surface area contributed by atoms with Crippen molar-refractivity contribution in [1.29, 1.82) is 0 Å². The van der Waals surface area contributed by atoms with Crippen LogP contribution in [-0.4, -0.2) is 52.6 Å².